The predicted octanol–water partition coefficient (Wildman–Crippen LogP) is 4.54. The van der Waals surface area contributed by atoms with Gasteiger partial charge in [-0.05, 0) is 62.2 Å². The second-order valence-corrected chi connectivity index (χ2v) is 6.13. The van der Waals surface area contributed by atoms with Crippen LogP contribution in [-0.2, 0) is 0 Å². The molecule has 0 saturated heterocycles. The van der Waals surface area contributed by atoms with E-state index in [1.807, 2.05) is 32.0 Å². The van der Waals surface area contributed by atoms with E-state index in [4.69, 9.17) is 0 Å². The van der Waals surface area contributed by atoms with E-state index in [-0.39, 0.29) is 23.4 Å². The summed E-state index contributed by atoms with van der Waals surface area (Å²) in [5.74, 6) is -0.455. The Labute approximate surface area is 151 Å². The summed E-state index contributed by atoms with van der Waals surface area (Å²) in [6.45, 7) is 5.66. The van der Waals surface area contributed by atoms with Gasteiger partial charge in [0.15, 0.2) is 0 Å². The Morgan fingerprint density at radius 2 is 1.81 bits per heavy atom. The number of anilines is 3. The average molecular weight is 350 g/mol. The Morgan fingerprint density at radius 3 is 2.58 bits per heavy atom. The first-order chi connectivity index (χ1) is 12.4. The molecular formula is C20H19FN4O. The molecule has 0 radical (unpaired) electrons. The van der Waals surface area contributed by atoms with Gasteiger partial charge in [-0.25, -0.2) is 14.4 Å². The van der Waals surface area contributed by atoms with Crippen molar-refractivity contribution in [2.24, 2.45) is 0 Å². The van der Waals surface area contributed by atoms with E-state index in [0.29, 0.717) is 11.4 Å². The molecule has 0 saturated carbocycles. The quantitative estimate of drug-likeness (QED) is 0.725. The molecule has 0 aliphatic carbocycles. The number of hydrogen-bond donors (Lipinski definition) is 2. The van der Waals surface area contributed by atoms with Crippen LogP contribution in [0.25, 0.3) is 0 Å². The molecule has 0 fully saturated rings. The lowest BCUT2D eigenvalue weighted by Crippen LogP contribution is -2.16. The summed E-state index contributed by atoms with van der Waals surface area (Å²) in [4.78, 5) is 21.1. The zero-order valence-electron chi connectivity index (χ0n) is 14.8. The SMILES string of the molecule is Cc1ccc(C)c(NC(=O)c2cc(C)nc(Nc3cccc(F)c3)n2)c1. The summed E-state index contributed by atoms with van der Waals surface area (Å²) in [6, 6.07) is 13.4. The largest absolute Gasteiger partial charge is 0.324 e. The van der Waals surface area contributed by atoms with Gasteiger partial charge < -0.3 is 10.6 Å². The number of carbonyl (C=O) groups is 1. The molecule has 0 bridgehead atoms. The summed E-state index contributed by atoms with van der Waals surface area (Å²) in [5, 5.41) is 5.80. The van der Waals surface area contributed by atoms with Crippen LogP contribution in [0.4, 0.5) is 21.7 Å². The molecule has 2 aromatic carbocycles. The number of rotatable bonds is 4. The summed E-state index contributed by atoms with van der Waals surface area (Å²) >= 11 is 0. The van der Waals surface area contributed by atoms with Crippen LogP contribution >= 0.6 is 0 Å². The first-order valence-corrected chi connectivity index (χ1v) is 8.17. The van der Waals surface area contributed by atoms with Crippen molar-refractivity contribution in [1.82, 2.24) is 9.97 Å². The topological polar surface area (TPSA) is 66.9 Å². The Bertz CT molecular complexity index is 972. The summed E-state index contributed by atoms with van der Waals surface area (Å²) in [7, 11) is 0. The Morgan fingerprint density at radius 1 is 1.00 bits per heavy atom. The summed E-state index contributed by atoms with van der Waals surface area (Å²) < 4.78 is 13.3. The molecule has 6 heteroatoms. The second kappa shape index (κ2) is 7.31. The van der Waals surface area contributed by atoms with Crippen LogP contribution < -0.4 is 10.6 Å². The minimum Gasteiger partial charge on any atom is -0.324 e. The molecule has 132 valence electrons. The molecular weight excluding hydrogens is 331 g/mol. The first-order valence-electron chi connectivity index (χ1n) is 8.17. The minimum atomic E-state index is -0.365. The molecule has 1 aromatic heterocycles. The zero-order valence-corrected chi connectivity index (χ0v) is 14.8. The van der Waals surface area contributed by atoms with E-state index in [1.165, 1.54) is 12.1 Å². The fraction of sp³-hybridized carbons (Fsp3) is 0.150. The van der Waals surface area contributed by atoms with Crippen molar-refractivity contribution >= 4 is 23.2 Å². The van der Waals surface area contributed by atoms with Crippen LogP contribution in [-0.4, -0.2) is 15.9 Å². The van der Waals surface area contributed by atoms with E-state index in [9.17, 15) is 9.18 Å². The van der Waals surface area contributed by atoms with Crippen molar-refractivity contribution in [3.63, 3.8) is 0 Å². The van der Waals surface area contributed by atoms with E-state index in [1.54, 1.807) is 25.1 Å². The summed E-state index contributed by atoms with van der Waals surface area (Å²) in [6.07, 6.45) is 0. The Kier molecular flexibility index (Phi) is 4.93. The van der Waals surface area contributed by atoms with Crippen LogP contribution in [0.5, 0.6) is 0 Å². The van der Waals surface area contributed by atoms with Gasteiger partial charge in [-0.3, -0.25) is 4.79 Å². The van der Waals surface area contributed by atoms with Gasteiger partial charge in [0.2, 0.25) is 5.95 Å². The van der Waals surface area contributed by atoms with Gasteiger partial charge in [-0.15, -0.1) is 0 Å². The van der Waals surface area contributed by atoms with Crippen LogP contribution in [0.15, 0.2) is 48.5 Å². The highest BCUT2D eigenvalue weighted by Gasteiger charge is 2.12. The van der Waals surface area contributed by atoms with E-state index in [0.717, 1.165) is 16.8 Å². The van der Waals surface area contributed by atoms with E-state index < -0.39 is 0 Å². The zero-order chi connectivity index (χ0) is 18.7. The molecule has 0 unspecified atom stereocenters. The lowest BCUT2D eigenvalue weighted by Gasteiger charge is -2.11. The molecule has 26 heavy (non-hydrogen) atoms. The molecule has 3 rings (SSSR count). The minimum absolute atomic E-state index is 0.234. The monoisotopic (exact) mass is 350 g/mol. The smallest absolute Gasteiger partial charge is 0.274 e. The van der Waals surface area contributed by atoms with Crippen molar-refractivity contribution in [2.45, 2.75) is 20.8 Å². The highest BCUT2D eigenvalue weighted by molar-refractivity contribution is 6.03. The van der Waals surface area contributed by atoms with Crippen LogP contribution in [0, 0.1) is 26.6 Å². The van der Waals surface area contributed by atoms with Crippen LogP contribution in [0.2, 0.25) is 0 Å². The van der Waals surface area contributed by atoms with E-state index in [2.05, 4.69) is 20.6 Å². The normalized spacial score (nSPS) is 10.5. The molecule has 2 N–H and O–H groups in total. The fourth-order valence-corrected chi connectivity index (χ4v) is 2.49. The lowest BCUT2D eigenvalue weighted by atomic mass is 10.1. The standard InChI is InChI=1S/C20H19FN4O/c1-12-7-8-13(2)17(9-12)24-19(26)18-10-14(3)22-20(25-18)23-16-6-4-5-15(21)11-16/h4-11H,1-3H3,(H,24,26)(H,22,23,25). The number of carbonyl (C=O) groups excluding carboxylic acids is 1. The number of aryl methyl sites for hydroxylation is 3. The molecule has 0 spiro atoms. The Balaban J connectivity index is 1.84. The van der Waals surface area contributed by atoms with Gasteiger partial charge in [0, 0.05) is 17.1 Å². The van der Waals surface area contributed by atoms with Gasteiger partial charge in [0.1, 0.15) is 11.5 Å². The number of aromatic nitrogens is 2. The number of nitrogens with one attached hydrogen (secondary N) is 2. The molecule has 1 amide bonds. The van der Waals surface area contributed by atoms with Gasteiger partial charge in [-0.1, -0.05) is 18.2 Å². The van der Waals surface area contributed by atoms with Crippen molar-refractivity contribution in [3.8, 4) is 0 Å². The molecule has 0 atom stereocenters. The number of nitrogens with zero attached hydrogens (tertiary/aromatic N) is 2. The first kappa shape index (κ1) is 17.5. The maximum atomic E-state index is 13.3. The van der Waals surface area contributed by atoms with Crippen molar-refractivity contribution in [3.05, 3.63) is 76.9 Å². The molecule has 5 nitrogen and oxygen atoms in total. The van der Waals surface area contributed by atoms with Crippen molar-refractivity contribution in [2.75, 3.05) is 10.6 Å². The van der Waals surface area contributed by atoms with Gasteiger partial charge in [0.25, 0.3) is 5.91 Å². The second-order valence-electron chi connectivity index (χ2n) is 6.13. The average Bonchev–Trinajstić information content (AvgIpc) is 2.57. The van der Waals surface area contributed by atoms with Crippen molar-refractivity contribution in [1.29, 1.82) is 0 Å². The van der Waals surface area contributed by atoms with Crippen LogP contribution in [0.3, 0.4) is 0 Å². The highest BCUT2D eigenvalue weighted by Crippen LogP contribution is 2.19. The summed E-state index contributed by atoms with van der Waals surface area (Å²) in [5.41, 5.74) is 4.13. The van der Waals surface area contributed by atoms with Gasteiger partial charge >= 0.3 is 0 Å². The lowest BCUT2D eigenvalue weighted by molar-refractivity contribution is 0.102. The molecule has 1 heterocycles. The maximum Gasteiger partial charge on any atom is 0.274 e. The van der Waals surface area contributed by atoms with E-state index >= 15 is 0 Å². The Hall–Kier alpha value is -3.28. The van der Waals surface area contributed by atoms with Crippen LogP contribution in [0.1, 0.15) is 27.3 Å². The van der Waals surface area contributed by atoms with Gasteiger partial charge in [-0.2, -0.15) is 0 Å². The maximum absolute atomic E-state index is 13.3. The number of halogens is 1. The third-order valence-electron chi connectivity index (χ3n) is 3.81. The fourth-order valence-electron chi connectivity index (χ4n) is 2.49. The third-order valence-corrected chi connectivity index (χ3v) is 3.81. The molecule has 0 aliphatic rings. The molecule has 0 aliphatic heterocycles. The third kappa shape index (κ3) is 4.22. The number of hydrogen-bond acceptors (Lipinski definition) is 4. The van der Waals surface area contributed by atoms with Gasteiger partial charge in [0.05, 0.1) is 0 Å². The van der Waals surface area contributed by atoms with Crippen molar-refractivity contribution < 1.29 is 9.18 Å². The molecule has 3 aromatic rings. The number of amides is 1. The highest BCUT2D eigenvalue weighted by atomic mass is 19.1. The predicted molar refractivity (Wildman–Crippen MR) is 100 cm³/mol. The number of benzene rings is 2.